The normalized spacial score (nSPS) is 16.5. The van der Waals surface area contributed by atoms with Crippen molar-refractivity contribution in [3.8, 4) is 0 Å². The van der Waals surface area contributed by atoms with E-state index in [1.807, 2.05) is 19.1 Å². The van der Waals surface area contributed by atoms with Crippen molar-refractivity contribution in [1.82, 2.24) is 14.8 Å². The predicted molar refractivity (Wildman–Crippen MR) is 113 cm³/mol. The Morgan fingerprint density at radius 3 is 2.53 bits per heavy atom. The predicted octanol–water partition coefficient (Wildman–Crippen LogP) is 3.24. The van der Waals surface area contributed by atoms with E-state index in [-0.39, 0.29) is 11.9 Å². The molecular weight excluding hydrogens is 425 g/mol. The number of amides is 3. The number of nitrogens with zero attached hydrogens (tertiary/aromatic N) is 2. The van der Waals surface area contributed by atoms with Crippen molar-refractivity contribution < 1.29 is 22.8 Å². The number of urea groups is 1. The van der Waals surface area contributed by atoms with Crippen LogP contribution in [0.5, 0.6) is 0 Å². The zero-order valence-corrected chi connectivity index (χ0v) is 17.6. The number of likely N-dealkylation sites (tertiary alicyclic amines) is 1. The Hall–Kier alpha value is -3.30. The summed E-state index contributed by atoms with van der Waals surface area (Å²) in [5.74, 6) is -0.421. The molecule has 1 aliphatic heterocycles. The van der Waals surface area contributed by atoms with E-state index in [2.05, 4.69) is 10.6 Å². The van der Waals surface area contributed by atoms with Crippen molar-refractivity contribution in [1.29, 1.82) is 0 Å². The molecule has 7 nitrogen and oxygen atoms in total. The summed E-state index contributed by atoms with van der Waals surface area (Å²) >= 11 is 0. The summed E-state index contributed by atoms with van der Waals surface area (Å²) in [6, 6.07) is 8.52. The first-order chi connectivity index (χ1) is 15.1. The molecule has 1 aromatic heterocycles. The third kappa shape index (κ3) is 6.35. The Morgan fingerprint density at radius 1 is 1.12 bits per heavy atom. The highest BCUT2D eigenvalue weighted by Crippen LogP contribution is 2.28. The Kier molecular flexibility index (Phi) is 7.22. The molecule has 172 valence electrons. The number of hydrogen-bond donors (Lipinski definition) is 2. The van der Waals surface area contributed by atoms with Crippen LogP contribution < -0.4 is 16.2 Å². The first-order valence-corrected chi connectivity index (χ1v) is 10.3. The Balaban J connectivity index is 1.53. The largest absolute Gasteiger partial charge is 0.417 e. The topological polar surface area (TPSA) is 83.4 Å². The lowest BCUT2D eigenvalue weighted by molar-refractivity contribution is -0.139. The van der Waals surface area contributed by atoms with Crippen LogP contribution in [0.2, 0.25) is 0 Å². The molecule has 1 fully saturated rings. The Labute approximate surface area is 183 Å². The summed E-state index contributed by atoms with van der Waals surface area (Å²) in [5.41, 5.74) is 0.0926. The fourth-order valence-electron chi connectivity index (χ4n) is 3.58. The molecule has 1 aliphatic rings. The molecule has 10 heteroatoms. The van der Waals surface area contributed by atoms with Crippen LogP contribution in [-0.4, -0.2) is 41.0 Å². The SMILES string of the molecule is Cc1ccc(NC(=O)NC[C@@H]2CCCN(C(=O)Cn3cc(C(F)(F)F)ccc3=O)C2)cc1. The smallest absolute Gasteiger partial charge is 0.341 e. The van der Waals surface area contributed by atoms with Gasteiger partial charge in [-0.05, 0) is 43.9 Å². The number of carbonyl (C=O) groups excluding carboxylic acids is 2. The standard InChI is InChI=1S/C22H25F3N4O3/c1-15-4-7-18(8-5-15)27-21(32)26-11-16-3-2-10-28(12-16)20(31)14-29-13-17(22(23,24)25)6-9-19(29)30/h4-9,13,16H,2-3,10-12,14H2,1H3,(H2,26,27,32)/t16-/m0/s1. The van der Waals surface area contributed by atoms with E-state index < -0.39 is 29.8 Å². The minimum Gasteiger partial charge on any atom is -0.341 e. The van der Waals surface area contributed by atoms with E-state index in [1.165, 1.54) is 4.90 Å². The van der Waals surface area contributed by atoms with Gasteiger partial charge < -0.3 is 20.1 Å². The van der Waals surface area contributed by atoms with Crippen molar-refractivity contribution in [3.63, 3.8) is 0 Å². The number of piperidine rings is 1. The van der Waals surface area contributed by atoms with Gasteiger partial charge in [-0.1, -0.05) is 17.7 Å². The second-order valence-corrected chi connectivity index (χ2v) is 7.93. The van der Waals surface area contributed by atoms with Crippen molar-refractivity contribution in [2.24, 2.45) is 5.92 Å². The fourth-order valence-corrected chi connectivity index (χ4v) is 3.58. The zero-order valence-electron chi connectivity index (χ0n) is 17.6. The molecule has 2 heterocycles. The lowest BCUT2D eigenvalue weighted by Gasteiger charge is -2.33. The van der Waals surface area contributed by atoms with Crippen molar-refractivity contribution >= 4 is 17.6 Å². The number of nitrogens with one attached hydrogen (secondary N) is 2. The molecule has 0 bridgehead atoms. The van der Waals surface area contributed by atoms with E-state index in [0.717, 1.165) is 22.6 Å². The van der Waals surface area contributed by atoms with Gasteiger partial charge in [0.15, 0.2) is 0 Å². The minimum atomic E-state index is -4.60. The van der Waals surface area contributed by atoms with Gasteiger partial charge >= 0.3 is 12.2 Å². The third-order valence-electron chi connectivity index (χ3n) is 5.35. The van der Waals surface area contributed by atoms with Gasteiger partial charge in [-0.15, -0.1) is 0 Å². The number of carbonyl (C=O) groups is 2. The molecule has 3 amide bonds. The van der Waals surface area contributed by atoms with Crippen LogP contribution in [0.1, 0.15) is 24.0 Å². The Bertz CT molecular complexity index is 1020. The van der Waals surface area contributed by atoms with Gasteiger partial charge in [0.05, 0.1) is 5.56 Å². The average Bonchev–Trinajstić information content (AvgIpc) is 2.75. The molecule has 1 atom stereocenters. The van der Waals surface area contributed by atoms with Gasteiger partial charge in [0.2, 0.25) is 5.91 Å². The summed E-state index contributed by atoms with van der Waals surface area (Å²) in [6.45, 7) is 2.65. The second-order valence-electron chi connectivity index (χ2n) is 7.93. The first-order valence-electron chi connectivity index (χ1n) is 10.3. The molecule has 32 heavy (non-hydrogen) atoms. The average molecular weight is 450 g/mol. The molecular formula is C22H25F3N4O3. The molecule has 0 aliphatic carbocycles. The monoisotopic (exact) mass is 450 g/mol. The fraction of sp³-hybridized carbons (Fsp3) is 0.409. The maximum atomic E-state index is 12.9. The number of aromatic nitrogens is 1. The molecule has 1 saturated heterocycles. The number of alkyl halides is 3. The van der Waals surface area contributed by atoms with E-state index in [4.69, 9.17) is 0 Å². The van der Waals surface area contributed by atoms with Crippen LogP contribution in [-0.2, 0) is 17.5 Å². The number of benzene rings is 1. The maximum Gasteiger partial charge on any atom is 0.417 e. The molecule has 2 aromatic rings. The van der Waals surface area contributed by atoms with E-state index in [1.54, 1.807) is 12.1 Å². The lowest BCUT2D eigenvalue weighted by Crippen LogP contribution is -2.46. The number of rotatable bonds is 5. The molecule has 3 rings (SSSR count). The van der Waals surface area contributed by atoms with Crippen molar-refractivity contribution in [3.05, 3.63) is 64.1 Å². The van der Waals surface area contributed by atoms with E-state index >= 15 is 0 Å². The third-order valence-corrected chi connectivity index (χ3v) is 5.35. The molecule has 2 N–H and O–H groups in total. The molecule has 0 radical (unpaired) electrons. The van der Waals surface area contributed by atoms with Crippen LogP contribution in [0.4, 0.5) is 23.7 Å². The van der Waals surface area contributed by atoms with Crippen molar-refractivity contribution in [2.45, 2.75) is 32.5 Å². The van der Waals surface area contributed by atoms with Gasteiger partial charge in [-0.2, -0.15) is 13.2 Å². The summed E-state index contributed by atoms with van der Waals surface area (Å²) in [6.07, 6.45) is -2.43. The summed E-state index contributed by atoms with van der Waals surface area (Å²) in [5, 5.41) is 5.53. The van der Waals surface area contributed by atoms with Gasteiger partial charge in [-0.25, -0.2) is 4.79 Å². The molecule has 0 saturated carbocycles. The van der Waals surface area contributed by atoms with E-state index in [9.17, 15) is 27.6 Å². The lowest BCUT2D eigenvalue weighted by atomic mass is 9.98. The highest BCUT2D eigenvalue weighted by molar-refractivity contribution is 5.89. The van der Waals surface area contributed by atoms with Crippen LogP contribution in [0.15, 0.2) is 47.4 Å². The highest BCUT2D eigenvalue weighted by atomic mass is 19.4. The van der Waals surface area contributed by atoms with Gasteiger partial charge in [0.1, 0.15) is 6.54 Å². The van der Waals surface area contributed by atoms with Crippen molar-refractivity contribution in [2.75, 3.05) is 25.0 Å². The minimum absolute atomic E-state index is 0.00898. The summed E-state index contributed by atoms with van der Waals surface area (Å²) in [7, 11) is 0. The van der Waals surface area contributed by atoms with Crippen LogP contribution in [0, 0.1) is 12.8 Å². The van der Waals surface area contributed by atoms with Gasteiger partial charge in [0.25, 0.3) is 5.56 Å². The van der Waals surface area contributed by atoms with Crippen LogP contribution in [0.3, 0.4) is 0 Å². The zero-order chi connectivity index (χ0) is 23.3. The number of aryl methyl sites for hydroxylation is 1. The quantitative estimate of drug-likeness (QED) is 0.734. The van der Waals surface area contributed by atoms with Crippen LogP contribution in [0.25, 0.3) is 0 Å². The maximum absolute atomic E-state index is 12.9. The van der Waals surface area contributed by atoms with Gasteiger partial charge in [-0.3, -0.25) is 9.59 Å². The summed E-state index contributed by atoms with van der Waals surface area (Å²) in [4.78, 5) is 38.2. The number of anilines is 1. The number of pyridine rings is 1. The summed E-state index contributed by atoms with van der Waals surface area (Å²) < 4.78 is 39.5. The van der Waals surface area contributed by atoms with E-state index in [0.29, 0.717) is 44.0 Å². The number of halogens is 3. The molecule has 0 unspecified atom stereocenters. The highest BCUT2D eigenvalue weighted by Gasteiger charge is 2.31. The Morgan fingerprint density at radius 2 is 1.84 bits per heavy atom. The molecule has 1 aromatic carbocycles. The second kappa shape index (κ2) is 9.88. The van der Waals surface area contributed by atoms with Crippen LogP contribution >= 0.6 is 0 Å². The number of hydrogen-bond acceptors (Lipinski definition) is 3. The van der Waals surface area contributed by atoms with Gasteiger partial charge in [0, 0.05) is 37.6 Å². The first kappa shape index (κ1) is 23.4. The molecule has 0 spiro atoms.